The van der Waals surface area contributed by atoms with E-state index in [2.05, 4.69) is 5.32 Å². The Morgan fingerprint density at radius 1 is 1.04 bits per heavy atom. The number of benzene rings is 2. The minimum atomic E-state index is -3.14. The summed E-state index contributed by atoms with van der Waals surface area (Å²) in [5, 5.41) is 2.65. The zero-order valence-corrected chi connectivity index (χ0v) is 15.9. The number of carbonyl (C=O) groups is 2. The predicted octanol–water partition coefficient (Wildman–Crippen LogP) is 1.71. The van der Waals surface area contributed by atoms with Gasteiger partial charge in [0.2, 0.25) is 0 Å². The first-order valence-electron chi connectivity index (χ1n) is 8.10. The van der Waals surface area contributed by atoms with Gasteiger partial charge in [-0.15, -0.1) is 0 Å². The molecule has 2 aromatic rings. The lowest BCUT2D eigenvalue weighted by atomic mass is 10.1. The maximum Gasteiger partial charge on any atom is 0.338 e. The Kier molecular flexibility index (Phi) is 6.95. The van der Waals surface area contributed by atoms with Gasteiger partial charge in [-0.05, 0) is 35.4 Å². The third kappa shape index (κ3) is 7.10. The van der Waals surface area contributed by atoms with Gasteiger partial charge in [0.05, 0.1) is 18.4 Å². The van der Waals surface area contributed by atoms with Crippen LogP contribution >= 0.6 is 0 Å². The SMILES string of the molecule is COc1cccc(CNC(=O)COC(=O)c2ccc(CS(C)(=O)=O)cc2)c1. The van der Waals surface area contributed by atoms with Crippen molar-refractivity contribution in [1.82, 2.24) is 5.32 Å². The molecule has 2 rings (SSSR count). The van der Waals surface area contributed by atoms with E-state index in [1.807, 2.05) is 12.1 Å². The number of ether oxygens (including phenoxy) is 2. The molecule has 0 fully saturated rings. The Balaban J connectivity index is 1.81. The number of amides is 1. The van der Waals surface area contributed by atoms with Crippen molar-refractivity contribution in [3.8, 4) is 5.75 Å². The van der Waals surface area contributed by atoms with Crippen LogP contribution in [-0.2, 0) is 31.7 Å². The van der Waals surface area contributed by atoms with Crippen molar-refractivity contribution in [2.24, 2.45) is 0 Å². The topological polar surface area (TPSA) is 98.8 Å². The Bertz CT molecular complexity index is 906. The van der Waals surface area contributed by atoms with Crippen molar-refractivity contribution in [2.75, 3.05) is 20.0 Å². The van der Waals surface area contributed by atoms with Gasteiger partial charge in [0, 0.05) is 12.8 Å². The van der Waals surface area contributed by atoms with E-state index in [1.165, 1.54) is 12.1 Å². The lowest BCUT2D eigenvalue weighted by Crippen LogP contribution is -2.28. The van der Waals surface area contributed by atoms with Gasteiger partial charge in [-0.1, -0.05) is 24.3 Å². The van der Waals surface area contributed by atoms with Gasteiger partial charge in [-0.25, -0.2) is 13.2 Å². The average molecular weight is 391 g/mol. The lowest BCUT2D eigenvalue weighted by Gasteiger charge is -2.08. The Morgan fingerprint density at radius 2 is 1.74 bits per heavy atom. The van der Waals surface area contributed by atoms with E-state index in [9.17, 15) is 18.0 Å². The zero-order chi connectivity index (χ0) is 19.9. The molecule has 0 radical (unpaired) electrons. The molecule has 8 heteroatoms. The van der Waals surface area contributed by atoms with Crippen molar-refractivity contribution in [2.45, 2.75) is 12.3 Å². The van der Waals surface area contributed by atoms with E-state index in [0.717, 1.165) is 11.8 Å². The van der Waals surface area contributed by atoms with Gasteiger partial charge in [0.25, 0.3) is 5.91 Å². The van der Waals surface area contributed by atoms with E-state index in [-0.39, 0.29) is 17.9 Å². The molecule has 0 spiro atoms. The van der Waals surface area contributed by atoms with Gasteiger partial charge in [0.1, 0.15) is 5.75 Å². The second-order valence-corrected chi connectivity index (χ2v) is 8.11. The summed E-state index contributed by atoms with van der Waals surface area (Å²) in [6, 6.07) is 13.3. The second kappa shape index (κ2) is 9.18. The fourth-order valence-corrected chi connectivity index (χ4v) is 3.09. The van der Waals surface area contributed by atoms with E-state index >= 15 is 0 Å². The summed E-state index contributed by atoms with van der Waals surface area (Å²) < 4.78 is 32.6. The van der Waals surface area contributed by atoms with Crippen LogP contribution in [0, 0.1) is 0 Å². The molecule has 1 amide bonds. The molecule has 0 heterocycles. The van der Waals surface area contributed by atoms with Crippen molar-refractivity contribution in [1.29, 1.82) is 0 Å². The predicted molar refractivity (Wildman–Crippen MR) is 100 cm³/mol. The van der Waals surface area contributed by atoms with Gasteiger partial charge in [-0.2, -0.15) is 0 Å². The van der Waals surface area contributed by atoms with Gasteiger partial charge in [0.15, 0.2) is 16.4 Å². The maximum atomic E-state index is 12.0. The van der Waals surface area contributed by atoms with Crippen LogP contribution in [-0.4, -0.2) is 40.3 Å². The monoisotopic (exact) mass is 391 g/mol. The van der Waals surface area contributed by atoms with Crippen LogP contribution in [0.2, 0.25) is 0 Å². The highest BCUT2D eigenvalue weighted by molar-refractivity contribution is 7.89. The smallest absolute Gasteiger partial charge is 0.338 e. The van der Waals surface area contributed by atoms with Crippen LogP contribution < -0.4 is 10.1 Å². The van der Waals surface area contributed by atoms with Crippen LogP contribution in [0.4, 0.5) is 0 Å². The lowest BCUT2D eigenvalue weighted by molar-refractivity contribution is -0.124. The van der Waals surface area contributed by atoms with Crippen molar-refractivity contribution in [3.63, 3.8) is 0 Å². The number of rotatable bonds is 8. The first kappa shape index (κ1) is 20.4. The molecule has 0 unspecified atom stereocenters. The summed E-state index contributed by atoms with van der Waals surface area (Å²) >= 11 is 0. The average Bonchev–Trinajstić information content (AvgIpc) is 2.64. The van der Waals surface area contributed by atoms with E-state index in [1.54, 1.807) is 31.4 Å². The summed E-state index contributed by atoms with van der Waals surface area (Å²) in [5.41, 5.74) is 1.67. The molecule has 0 saturated carbocycles. The quantitative estimate of drug-likeness (QED) is 0.688. The molecule has 0 aliphatic carbocycles. The summed E-state index contributed by atoms with van der Waals surface area (Å²) in [6.45, 7) is -0.123. The molecule has 0 saturated heterocycles. The number of esters is 1. The molecule has 0 atom stereocenters. The standard InChI is InChI=1S/C19H21NO6S/c1-25-17-5-3-4-15(10-17)11-20-18(21)12-26-19(22)16-8-6-14(7-9-16)13-27(2,23)24/h3-10H,11-13H2,1-2H3,(H,20,21). The zero-order valence-electron chi connectivity index (χ0n) is 15.1. The second-order valence-electron chi connectivity index (χ2n) is 5.97. The molecule has 2 aromatic carbocycles. The van der Waals surface area contributed by atoms with E-state index in [4.69, 9.17) is 9.47 Å². The first-order chi connectivity index (χ1) is 12.8. The van der Waals surface area contributed by atoms with Crippen molar-refractivity contribution in [3.05, 3.63) is 65.2 Å². The van der Waals surface area contributed by atoms with Crippen LogP contribution in [0.15, 0.2) is 48.5 Å². The molecule has 0 aliphatic heterocycles. The maximum absolute atomic E-state index is 12.0. The highest BCUT2D eigenvalue weighted by atomic mass is 32.2. The Labute approximate surface area is 158 Å². The summed E-state index contributed by atoms with van der Waals surface area (Å²) in [6.07, 6.45) is 1.14. The number of sulfone groups is 1. The molecule has 27 heavy (non-hydrogen) atoms. The van der Waals surface area contributed by atoms with E-state index in [0.29, 0.717) is 11.3 Å². The number of nitrogens with one attached hydrogen (secondary N) is 1. The molecule has 1 N–H and O–H groups in total. The summed E-state index contributed by atoms with van der Waals surface area (Å²) in [5.74, 6) is -0.501. The first-order valence-corrected chi connectivity index (χ1v) is 10.2. The van der Waals surface area contributed by atoms with Crippen LogP contribution in [0.1, 0.15) is 21.5 Å². The van der Waals surface area contributed by atoms with Gasteiger partial charge in [-0.3, -0.25) is 4.79 Å². The number of methoxy groups -OCH3 is 1. The molecule has 0 aromatic heterocycles. The fraction of sp³-hybridized carbons (Fsp3) is 0.263. The van der Waals surface area contributed by atoms with Crippen molar-refractivity contribution >= 4 is 21.7 Å². The minimum absolute atomic E-state index is 0.102. The van der Waals surface area contributed by atoms with Crippen LogP contribution in [0.5, 0.6) is 5.75 Å². The largest absolute Gasteiger partial charge is 0.497 e. The Hall–Kier alpha value is -2.87. The van der Waals surface area contributed by atoms with Gasteiger partial charge < -0.3 is 14.8 Å². The van der Waals surface area contributed by atoms with E-state index < -0.39 is 28.3 Å². The molecule has 7 nitrogen and oxygen atoms in total. The molecule has 0 aliphatic rings. The number of hydrogen-bond acceptors (Lipinski definition) is 6. The molecule has 144 valence electrons. The summed E-state index contributed by atoms with van der Waals surface area (Å²) in [7, 11) is -1.58. The van der Waals surface area contributed by atoms with Crippen molar-refractivity contribution < 1.29 is 27.5 Å². The fourth-order valence-electron chi connectivity index (χ4n) is 2.29. The number of hydrogen-bond donors (Lipinski definition) is 1. The van der Waals surface area contributed by atoms with Gasteiger partial charge >= 0.3 is 5.97 Å². The van der Waals surface area contributed by atoms with Crippen LogP contribution in [0.25, 0.3) is 0 Å². The highest BCUT2D eigenvalue weighted by Gasteiger charge is 2.11. The third-order valence-corrected chi connectivity index (χ3v) is 4.43. The Morgan fingerprint density at radius 3 is 2.37 bits per heavy atom. The molecular formula is C19H21NO6S. The van der Waals surface area contributed by atoms with Crippen LogP contribution in [0.3, 0.4) is 0 Å². The molecule has 0 bridgehead atoms. The number of carbonyl (C=O) groups excluding carboxylic acids is 2. The minimum Gasteiger partial charge on any atom is -0.497 e. The summed E-state index contributed by atoms with van der Waals surface area (Å²) in [4.78, 5) is 23.8. The highest BCUT2D eigenvalue weighted by Crippen LogP contribution is 2.12. The third-order valence-electron chi connectivity index (χ3n) is 3.58. The normalized spacial score (nSPS) is 10.9. The molecular weight excluding hydrogens is 370 g/mol.